The SMILES string of the molecule is CCc1cc(Cl)ccc1CNC1CCNCC1. The lowest BCUT2D eigenvalue weighted by Crippen LogP contribution is -2.39. The molecule has 1 saturated heterocycles. The zero-order chi connectivity index (χ0) is 12.1. The van der Waals surface area contributed by atoms with E-state index in [-0.39, 0.29) is 0 Å². The van der Waals surface area contributed by atoms with Gasteiger partial charge in [-0.1, -0.05) is 24.6 Å². The van der Waals surface area contributed by atoms with Crippen molar-refractivity contribution in [2.45, 2.75) is 38.8 Å². The minimum atomic E-state index is 0.664. The minimum absolute atomic E-state index is 0.664. The van der Waals surface area contributed by atoms with Gasteiger partial charge >= 0.3 is 0 Å². The second-order valence-corrected chi connectivity index (χ2v) is 5.11. The van der Waals surface area contributed by atoms with Gasteiger partial charge in [0.15, 0.2) is 0 Å². The van der Waals surface area contributed by atoms with Gasteiger partial charge in [-0.15, -0.1) is 0 Å². The van der Waals surface area contributed by atoms with E-state index in [0.29, 0.717) is 6.04 Å². The molecule has 0 unspecified atom stereocenters. The summed E-state index contributed by atoms with van der Waals surface area (Å²) < 4.78 is 0. The number of halogens is 1. The summed E-state index contributed by atoms with van der Waals surface area (Å²) in [7, 11) is 0. The Morgan fingerprint density at radius 3 is 2.76 bits per heavy atom. The van der Waals surface area contributed by atoms with Gasteiger partial charge in [-0.3, -0.25) is 0 Å². The number of hydrogen-bond acceptors (Lipinski definition) is 2. The Kier molecular flexibility index (Phi) is 4.84. The second-order valence-electron chi connectivity index (χ2n) is 4.67. The van der Waals surface area contributed by atoms with E-state index < -0.39 is 0 Å². The highest BCUT2D eigenvalue weighted by molar-refractivity contribution is 6.30. The largest absolute Gasteiger partial charge is 0.317 e. The lowest BCUT2D eigenvalue weighted by atomic mass is 10.0. The van der Waals surface area contributed by atoms with Crippen LogP contribution in [-0.4, -0.2) is 19.1 Å². The van der Waals surface area contributed by atoms with Gasteiger partial charge in [0.1, 0.15) is 0 Å². The third kappa shape index (κ3) is 3.70. The fourth-order valence-corrected chi connectivity index (χ4v) is 2.57. The summed E-state index contributed by atoms with van der Waals surface area (Å²) in [6.45, 7) is 5.42. The molecule has 1 heterocycles. The van der Waals surface area contributed by atoms with Gasteiger partial charge < -0.3 is 10.6 Å². The van der Waals surface area contributed by atoms with E-state index in [4.69, 9.17) is 11.6 Å². The maximum absolute atomic E-state index is 6.02. The maximum atomic E-state index is 6.02. The average Bonchev–Trinajstić information content (AvgIpc) is 2.38. The van der Waals surface area contributed by atoms with Crippen molar-refractivity contribution in [1.82, 2.24) is 10.6 Å². The third-order valence-corrected chi connectivity index (χ3v) is 3.70. The van der Waals surface area contributed by atoms with Crippen LogP contribution in [0.25, 0.3) is 0 Å². The first-order valence-electron chi connectivity index (χ1n) is 6.51. The molecule has 1 fully saturated rings. The van der Waals surface area contributed by atoms with Crippen molar-refractivity contribution in [3.63, 3.8) is 0 Å². The zero-order valence-electron chi connectivity index (χ0n) is 10.4. The predicted molar refractivity (Wildman–Crippen MR) is 73.6 cm³/mol. The molecule has 94 valence electrons. The number of nitrogens with one attached hydrogen (secondary N) is 2. The van der Waals surface area contributed by atoms with Gasteiger partial charge in [0.05, 0.1) is 0 Å². The first-order valence-corrected chi connectivity index (χ1v) is 6.89. The van der Waals surface area contributed by atoms with Crippen molar-refractivity contribution in [2.24, 2.45) is 0 Å². The average molecular weight is 253 g/mol. The first-order chi connectivity index (χ1) is 8.29. The lowest BCUT2D eigenvalue weighted by Gasteiger charge is -2.24. The maximum Gasteiger partial charge on any atom is 0.0408 e. The van der Waals surface area contributed by atoms with Crippen molar-refractivity contribution in [2.75, 3.05) is 13.1 Å². The van der Waals surface area contributed by atoms with Crippen molar-refractivity contribution < 1.29 is 0 Å². The summed E-state index contributed by atoms with van der Waals surface area (Å²) in [4.78, 5) is 0. The summed E-state index contributed by atoms with van der Waals surface area (Å²) in [6.07, 6.45) is 3.51. The highest BCUT2D eigenvalue weighted by Crippen LogP contribution is 2.17. The van der Waals surface area contributed by atoms with Gasteiger partial charge in [-0.25, -0.2) is 0 Å². The smallest absolute Gasteiger partial charge is 0.0408 e. The quantitative estimate of drug-likeness (QED) is 0.861. The molecule has 0 bridgehead atoms. The number of hydrogen-bond donors (Lipinski definition) is 2. The molecule has 1 aliphatic rings. The molecule has 0 amide bonds. The molecule has 2 N–H and O–H groups in total. The Labute approximate surface area is 109 Å². The predicted octanol–water partition coefficient (Wildman–Crippen LogP) is 2.74. The Morgan fingerprint density at radius 1 is 1.29 bits per heavy atom. The van der Waals surface area contributed by atoms with Crippen molar-refractivity contribution >= 4 is 11.6 Å². The molecule has 0 radical (unpaired) electrons. The fraction of sp³-hybridized carbons (Fsp3) is 0.571. The van der Waals surface area contributed by atoms with E-state index in [9.17, 15) is 0 Å². The van der Waals surface area contributed by atoms with E-state index in [1.54, 1.807) is 0 Å². The summed E-state index contributed by atoms with van der Waals surface area (Å²) in [6, 6.07) is 6.88. The molecule has 0 spiro atoms. The van der Waals surface area contributed by atoms with E-state index in [2.05, 4.69) is 29.7 Å². The summed E-state index contributed by atoms with van der Waals surface area (Å²) in [5.41, 5.74) is 2.74. The molecule has 17 heavy (non-hydrogen) atoms. The van der Waals surface area contributed by atoms with Gasteiger partial charge in [-0.2, -0.15) is 0 Å². The molecule has 1 aliphatic heterocycles. The van der Waals surface area contributed by atoms with Crippen molar-refractivity contribution in [1.29, 1.82) is 0 Å². The van der Waals surface area contributed by atoms with Crippen LogP contribution < -0.4 is 10.6 Å². The van der Waals surface area contributed by atoms with Crippen LogP contribution in [-0.2, 0) is 13.0 Å². The number of aryl methyl sites for hydroxylation is 1. The fourth-order valence-electron chi connectivity index (χ4n) is 2.38. The normalized spacial score (nSPS) is 17.3. The van der Waals surface area contributed by atoms with Gasteiger partial charge in [0.25, 0.3) is 0 Å². The van der Waals surface area contributed by atoms with Gasteiger partial charge in [0, 0.05) is 17.6 Å². The van der Waals surface area contributed by atoms with E-state index in [1.165, 1.54) is 24.0 Å². The molecule has 0 saturated carbocycles. The number of piperidine rings is 1. The molecule has 2 rings (SSSR count). The van der Waals surface area contributed by atoms with E-state index in [0.717, 1.165) is 31.1 Å². The second kappa shape index (κ2) is 6.39. The topological polar surface area (TPSA) is 24.1 Å². The van der Waals surface area contributed by atoms with Crippen LogP contribution >= 0.6 is 11.6 Å². The van der Waals surface area contributed by atoms with Gasteiger partial charge in [0.2, 0.25) is 0 Å². The first kappa shape index (κ1) is 12.9. The Balaban J connectivity index is 1.93. The van der Waals surface area contributed by atoms with Crippen LogP contribution in [0.1, 0.15) is 30.9 Å². The lowest BCUT2D eigenvalue weighted by molar-refractivity contribution is 0.386. The van der Waals surface area contributed by atoms with Crippen molar-refractivity contribution in [3.8, 4) is 0 Å². The Hall–Kier alpha value is -0.570. The monoisotopic (exact) mass is 252 g/mol. The zero-order valence-corrected chi connectivity index (χ0v) is 11.2. The number of benzene rings is 1. The van der Waals surface area contributed by atoms with Crippen LogP contribution in [0.5, 0.6) is 0 Å². The van der Waals surface area contributed by atoms with Crippen LogP contribution in [0.4, 0.5) is 0 Å². The van der Waals surface area contributed by atoms with Crippen LogP contribution in [0, 0.1) is 0 Å². The molecular formula is C14H21ClN2. The highest BCUT2D eigenvalue weighted by atomic mass is 35.5. The summed E-state index contributed by atoms with van der Waals surface area (Å²) in [5, 5.41) is 7.87. The Bertz CT molecular complexity index is 359. The van der Waals surface area contributed by atoms with Crippen LogP contribution in [0.15, 0.2) is 18.2 Å². The molecule has 2 nitrogen and oxygen atoms in total. The van der Waals surface area contributed by atoms with Crippen molar-refractivity contribution in [3.05, 3.63) is 34.3 Å². The molecule has 0 atom stereocenters. The van der Waals surface area contributed by atoms with Crippen LogP contribution in [0.2, 0.25) is 5.02 Å². The minimum Gasteiger partial charge on any atom is -0.317 e. The molecule has 0 aromatic heterocycles. The summed E-state index contributed by atoms with van der Waals surface area (Å²) >= 11 is 6.02. The Morgan fingerprint density at radius 2 is 2.06 bits per heavy atom. The molecule has 1 aromatic carbocycles. The highest BCUT2D eigenvalue weighted by Gasteiger charge is 2.12. The third-order valence-electron chi connectivity index (χ3n) is 3.47. The summed E-state index contributed by atoms with van der Waals surface area (Å²) in [5.74, 6) is 0. The number of rotatable bonds is 4. The standard InChI is InChI=1S/C14H21ClN2/c1-2-11-9-13(15)4-3-12(11)10-17-14-5-7-16-8-6-14/h3-4,9,14,16-17H,2,5-8,10H2,1H3. The molecule has 1 aromatic rings. The van der Waals surface area contributed by atoms with Crippen LogP contribution in [0.3, 0.4) is 0 Å². The molecule has 3 heteroatoms. The molecule has 0 aliphatic carbocycles. The van der Waals surface area contributed by atoms with Gasteiger partial charge in [-0.05, 0) is 55.6 Å². The molecular weight excluding hydrogens is 232 g/mol. The van der Waals surface area contributed by atoms with E-state index in [1.807, 2.05) is 6.07 Å². The van der Waals surface area contributed by atoms with E-state index >= 15 is 0 Å².